The Balaban J connectivity index is 2.06. The number of amides is 1. The zero-order valence-electron chi connectivity index (χ0n) is 11.9. The minimum absolute atomic E-state index is 0.0390. The summed E-state index contributed by atoms with van der Waals surface area (Å²) in [4.78, 5) is 11.9. The Labute approximate surface area is 128 Å². The number of hydrogen-bond donors (Lipinski definition) is 1. The standard InChI is InChI=1S/C13H18ClNO5S/c1-8(10-3-5-19-6-4-10)15-13(16)11-7-12(9(2)20-11)21(14,17)18/h7-8,10H,3-6H2,1-2H3,(H,15,16). The molecule has 0 saturated carbocycles. The van der Waals surface area contributed by atoms with E-state index in [0.29, 0.717) is 19.1 Å². The van der Waals surface area contributed by atoms with E-state index in [1.807, 2.05) is 6.92 Å². The molecular weight excluding hydrogens is 318 g/mol. The average Bonchev–Trinajstić information content (AvgIpc) is 2.82. The van der Waals surface area contributed by atoms with Gasteiger partial charge in [-0.2, -0.15) is 0 Å². The van der Waals surface area contributed by atoms with E-state index in [4.69, 9.17) is 19.8 Å². The number of aryl methyl sites for hydroxylation is 1. The molecule has 1 amide bonds. The van der Waals surface area contributed by atoms with Crippen LogP contribution in [-0.4, -0.2) is 33.6 Å². The average molecular weight is 336 g/mol. The molecule has 1 aliphatic heterocycles. The van der Waals surface area contributed by atoms with Crippen molar-refractivity contribution in [3.8, 4) is 0 Å². The van der Waals surface area contributed by atoms with Crippen LogP contribution in [0.4, 0.5) is 0 Å². The molecule has 1 atom stereocenters. The van der Waals surface area contributed by atoms with Gasteiger partial charge >= 0.3 is 0 Å². The van der Waals surface area contributed by atoms with Gasteiger partial charge in [-0.1, -0.05) is 0 Å². The van der Waals surface area contributed by atoms with E-state index >= 15 is 0 Å². The van der Waals surface area contributed by atoms with Crippen LogP contribution in [0, 0.1) is 12.8 Å². The van der Waals surface area contributed by atoms with E-state index in [-0.39, 0.29) is 22.5 Å². The Bertz CT molecular complexity index is 619. The fourth-order valence-electron chi connectivity index (χ4n) is 2.43. The Hall–Kier alpha value is -1.05. The van der Waals surface area contributed by atoms with Crippen molar-refractivity contribution in [3.05, 3.63) is 17.6 Å². The van der Waals surface area contributed by atoms with E-state index in [9.17, 15) is 13.2 Å². The molecule has 0 spiro atoms. The lowest BCUT2D eigenvalue weighted by Crippen LogP contribution is -2.40. The van der Waals surface area contributed by atoms with E-state index in [1.54, 1.807) is 0 Å². The van der Waals surface area contributed by atoms with Gasteiger partial charge in [0.25, 0.3) is 15.0 Å². The molecule has 2 heterocycles. The van der Waals surface area contributed by atoms with Gasteiger partial charge in [-0.25, -0.2) is 8.42 Å². The second-order valence-corrected chi connectivity index (χ2v) is 7.72. The molecule has 8 heteroatoms. The molecule has 21 heavy (non-hydrogen) atoms. The molecule has 0 aromatic carbocycles. The number of hydrogen-bond acceptors (Lipinski definition) is 5. The minimum Gasteiger partial charge on any atom is -0.455 e. The molecule has 2 rings (SSSR count). The van der Waals surface area contributed by atoms with Crippen LogP contribution >= 0.6 is 10.7 Å². The minimum atomic E-state index is -3.91. The predicted octanol–water partition coefficient (Wildman–Crippen LogP) is 2.06. The lowest BCUT2D eigenvalue weighted by Gasteiger charge is -2.28. The largest absolute Gasteiger partial charge is 0.455 e. The highest BCUT2D eigenvalue weighted by Gasteiger charge is 2.26. The Morgan fingerprint density at radius 2 is 2.05 bits per heavy atom. The van der Waals surface area contributed by atoms with Gasteiger partial charge in [-0.15, -0.1) is 0 Å². The predicted molar refractivity (Wildman–Crippen MR) is 77.0 cm³/mol. The van der Waals surface area contributed by atoms with Gasteiger partial charge in [0.1, 0.15) is 10.7 Å². The van der Waals surface area contributed by atoms with Gasteiger partial charge in [-0.3, -0.25) is 4.79 Å². The molecule has 1 fully saturated rings. The van der Waals surface area contributed by atoms with Crippen LogP contribution in [0.2, 0.25) is 0 Å². The highest BCUT2D eigenvalue weighted by molar-refractivity contribution is 8.13. The smallest absolute Gasteiger partial charge is 0.287 e. The lowest BCUT2D eigenvalue weighted by atomic mass is 9.93. The summed E-state index contributed by atoms with van der Waals surface area (Å²) >= 11 is 0. The molecule has 1 N–H and O–H groups in total. The van der Waals surface area contributed by atoms with Crippen molar-refractivity contribution in [2.24, 2.45) is 5.92 Å². The highest BCUT2D eigenvalue weighted by Crippen LogP contribution is 2.24. The van der Waals surface area contributed by atoms with Crippen molar-refractivity contribution in [1.29, 1.82) is 0 Å². The first kappa shape index (κ1) is 16.3. The third-order valence-electron chi connectivity index (χ3n) is 3.69. The Kier molecular flexibility index (Phi) is 4.95. The molecule has 0 aliphatic carbocycles. The van der Waals surface area contributed by atoms with Crippen LogP contribution in [0.3, 0.4) is 0 Å². The molecule has 0 radical (unpaired) electrons. The van der Waals surface area contributed by atoms with Crippen molar-refractivity contribution in [1.82, 2.24) is 5.32 Å². The molecule has 118 valence electrons. The van der Waals surface area contributed by atoms with Crippen molar-refractivity contribution in [3.63, 3.8) is 0 Å². The quantitative estimate of drug-likeness (QED) is 0.851. The van der Waals surface area contributed by atoms with Crippen LogP contribution in [0.5, 0.6) is 0 Å². The summed E-state index contributed by atoms with van der Waals surface area (Å²) in [7, 11) is 1.36. The molecule has 6 nitrogen and oxygen atoms in total. The first-order valence-corrected chi connectivity index (χ1v) is 9.03. The van der Waals surface area contributed by atoms with Crippen LogP contribution in [0.15, 0.2) is 15.4 Å². The van der Waals surface area contributed by atoms with Gasteiger partial charge in [0.2, 0.25) is 0 Å². The first-order chi connectivity index (χ1) is 9.79. The van der Waals surface area contributed by atoms with Crippen molar-refractivity contribution < 1.29 is 22.4 Å². The van der Waals surface area contributed by atoms with Gasteiger partial charge in [0, 0.05) is 36.0 Å². The summed E-state index contributed by atoms with van der Waals surface area (Å²) in [6.45, 7) is 4.76. The maximum Gasteiger partial charge on any atom is 0.287 e. The molecule has 1 unspecified atom stereocenters. The third kappa shape index (κ3) is 3.99. The van der Waals surface area contributed by atoms with Crippen molar-refractivity contribution in [2.75, 3.05) is 13.2 Å². The summed E-state index contributed by atoms with van der Waals surface area (Å²) in [6, 6.07) is 1.12. The number of halogens is 1. The zero-order valence-corrected chi connectivity index (χ0v) is 13.5. The van der Waals surface area contributed by atoms with Crippen LogP contribution in [0.1, 0.15) is 36.1 Å². The Morgan fingerprint density at radius 3 is 2.57 bits per heavy atom. The maximum absolute atomic E-state index is 12.1. The molecule has 1 aromatic rings. The third-order valence-corrected chi connectivity index (χ3v) is 5.12. The molecular formula is C13H18ClNO5S. The van der Waals surface area contributed by atoms with E-state index < -0.39 is 15.0 Å². The topological polar surface area (TPSA) is 85.6 Å². The number of carbonyl (C=O) groups excluding carboxylic acids is 1. The number of furan rings is 1. The second kappa shape index (κ2) is 6.37. The molecule has 1 saturated heterocycles. The van der Waals surface area contributed by atoms with Gasteiger partial charge in [0.05, 0.1) is 0 Å². The summed E-state index contributed by atoms with van der Waals surface area (Å²) in [5.41, 5.74) is 0. The maximum atomic E-state index is 12.1. The summed E-state index contributed by atoms with van der Waals surface area (Å²) in [6.07, 6.45) is 1.78. The highest BCUT2D eigenvalue weighted by atomic mass is 35.7. The molecule has 1 aromatic heterocycles. The lowest BCUT2D eigenvalue weighted by molar-refractivity contribution is 0.0534. The summed E-state index contributed by atoms with van der Waals surface area (Å²) < 4.78 is 33.1. The van der Waals surface area contributed by atoms with E-state index in [0.717, 1.165) is 18.9 Å². The fraction of sp³-hybridized carbons (Fsp3) is 0.615. The number of ether oxygens (including phenoxy) is 1. The number of rotatable bonds is 4. The SMILES string of the molecule is Cc1oc(C(=O)NC(C)C2CCOCC2)cc1S(=O)(=O)Cl. The molecule has 0 bridgehead atoms. The second-order valence-electron chi connectivity index (χ2n) is 5.18. The normalized spacial score (nSPS) is 18.4. The van der Waals surface area contributed by atoms with Gasteiger partial charge in [0.15, 0.2) is 5.76 Å². The van der Waals surface area contributed by atoms with Crippen LogP contribution < -0.4 is 5.32 Å². The summed E-state index contributed by atoms with van der Waals surface area (Å²) in [5.74, 6) is -0.0434. The summed E-state index contributed by atoms with van der Waals surface area (Å²) in [5, 5.41) is 2.83. The Morgan fingerprint density at radius 1 is 1.43 bits per heavy atom. The first-order valence-electron chi connectivity index (χ1n) is 6.72. The molecule has 1 aliphatic rings. The zero-order chi connectivity index (χ0) is 15.6. The van der Waals surface area contributed by atoms with Crippen LogP contribution in [-0.2, 0) is 13.8 Å². The van der Waals surface area contributed by atoms with Gasteiger partial charge < -0.3 is 14.5 Å². The number of nitrogens with one attached hydrogen (secondary N) is 1. The van der Waals surface area contributed by atoms with E-state index in [1.165, 1.54) is 6.92 Å². The van der Waals surface area contributed by atoms with Crippen LogP contribution in [0.25, 0.3) is 0 Å². The monoisotopic (exact) mass is 335 g/mol. The van der Waals surface area contributed by atoms with Crippen molar-refractivity contribution >= 4 is 25.6 Å². The number of carbonyl (C=O) groups is 1. The van der Waals surface area contributed by atoms with Crippen molar-refractivity contribution in [2.45, 2.75) is 37.6 Å². The van der Waals surface area contributed by atoms with Gasteiger partial charge in [-0.05, 0) is 32.6 Å². The fourth-order valence-corrected chi connectivity index (χ4v) is 3.52. The van der Waals surface area contributed by atoms with E-state index in [2.05, 4.69) is 5.32 Å².